The van der Waals surface area contributed by atoms with Crippen molar-refractivity contribution in [3.63, 3.8) is 0 Å². The maximum Gasteiger partial charge on any atom is 0.254 e. The minimum atomic E-state index is -0.0599. The number of rotatable bonds is 7. The molecular weight excluding hydrogens is 322 g/mol. The first-order chi connectivity index (χ1) is 12.7. The second-order valence-electron chi connectivity index (χ2n) is 6.12. The van der Waals surface area contributed by atoms with Crippen molar-refractivity contribution in [1.82, 2.24) is 4.90 Å². The van der Waals surface area contributed by atoms with Gasteiger partial charge in [0.2, 0.25) is 0 Å². The fraction of sp³-hybridized carbons (Fsp3) is 0.130. The van der Waals surface area contributed by atoms with E-state index in [1.54, 1.807) is 17.0 Å². The van der Waals surface area contributed by atoms with Crippen LogP contribution in [0.25, 0.3) is 0 Å². The van der Waals surface area contributed by atoms with Gasteiger partial charge in [-0.3, -0.25) is 9.59 Å². The van der Waals surface area contributed by atoms with E-state index in [0.717, 1.165) is 5.56 Å². The highest BCUT2D eigenvalue weighted by Crippen LogP contribution is 2.12. The third kappa shape index (κ3) is 4.67. The lowest BCUT2D eigenvalue weighted by Gasteiger charge is -2.23. The van der Waals surface area contributed by atoms with E-state index in [-0.39, 0.29) is 11.7 Å². The van der Waals surface area contributed by atoms with E-state index in [2.05, 4.69) is 0 Å². The Bertz CT molecular complexity index is 845. The van der Waals surface area contributed by atoms with Crippen LogP contribution in [0.3, 0.4) is 0 Å². The van der Waals surface area contributed by atoms with Crippen LogP contribution in [-0.2, 0) is 6.54 Å². The molecule has 3 nitrogen and oxygen atoms in total. The van der Waals surface area contributed by atoms with Crippen molar-refractivity contribution in [3.05, 3.63) is 108 Å². The summed E-state index contributed by atoms with van der Waals surface area (Å²) in [4.78, 5) is 27.1. The van der Waals surface area contributed by atoms with Crippen molar-refractivity contribution in [2.45, 2.75) is 13.0 Å². The fourth-order valence-electron chi connectivity index (χ4n) is 2.82. The Hall–Kier alpha value is -3.20. The number of hydrogen-bond donors (Lipinski definition) is 0. The molecule has 26 heavy (non-hydrogen) atoms. The Morgan fingerprint density at radius 2 is 1.15 bits per heavy atom. The number of carbonyl (C=O) groups is 2. The molecule has 0 radical (unpaired) electrons. The lowest BCUT2D eigenvalue weighted by atomic mass is 10.1. The molecule has 0 unspecified atom stereocenters. The molecule has 0 heterocycles. The highest BCUT2D eigenvalue weighted by Gasteiger charge is 2.17. The summed E-state index contributed by atoms with van der Waals surface area (Å²) in [6.45, 7) is 0.868. The van der Waals surface area contributed by atoms with Gasteiger partial charge >= 0.3 is 0 Å². The van der Waals surface area contributed by atoms with Gasteiger partial charge < -0.3 is 4.90 Å². The molecule has 0 saturated carbocycles. The summed E-state index contributed by atoms with van der Waals surface area (Å²) in [6.07, 6.45) is 0.301. The van der Waals surface area contributed by atoms with Gasteiger partial charge in [0.1, 0.15) is 0 Å². The highest BCUT2D eigenvalue weighted by molar-refractivity contribution is 5.97. The Labute approximate surface area is 153 Å². The number of Topliss-reactive ketones (excluding diaryl/α,β-unsaturated/α-hetero) is 1. The van der Waals surface area contributed by atoms with Crippen LogP contribution in [-0.4, -0.2) is 23.1 Å². The molecule has 0 bridgehead atoms. The smallest absolute Gasteiger partial charge is 0.254 e. The zero-order valence-corrected chi connectivity index (χ0v) is 14.5. The summed E-state index contributed by atoms with van der Waals surface area (Å²) in [6, 6.07) is 28.2. The first-order valence-electron chi connectivity index (χ1n) is 8.70. The molecule has 0 aromatic heterocycles. The molecule has 0 aliphatic heterocycles. The molecule has 3 heteroatoms. The third-order valence-corrected chi connectivity index (χ3v) is 4.23. The van der Waals surface area contributed by atoms with Crippen molar-refractivity contribution in [2.75, 3.05) is 6.54 Å². The minimum Gasteiger partial charge on any atom is -0.334 e. The van der Waals surface area contributed by atoms with Crippen LogP contribution >= 0.6 is 0 Å². The molecule has 0 spiro atoms. The number of carbonyl (C=O) groups excluding carboxylic acids is 2. The van der Waals surface area contributed by atoms with Gasteiger partial charge in [0, 0.05) is 30.6 Å². The standard InChI is InChI=1S/C23H21NO2/c25-22(20-12-6-2-7-13-20)16-17-24(18-19-10-4-1-5-11-19)23(26)21-14-8-3-9-15-21/h1-15H,16-18H2. The lowest BCUT2D eigenvalue weighted by molar-refractivity contribution is 0.0732. The van der Waals surface area contributed by atoms with Gasteiger partial charge in [-0.05, 0) is 17.7 Å². The van der Waals surface area contributed by atoms with Crippen LogP contribution in [0, 0.1) is 0 Å². The number of hydrogen-bond acceptors (Lipinski definition) is 2. The first-order valence-corrected chi connectivity index (χ1v) is 8.70. The Morgan fingerprint density at radius 1 is 0.654 bits per heavy atom. The SMILES string of the molecule is O=C(CCN(Cc1ccccc1)C(=O)c1ccccc1)c1ccccc1. The van der Waals surface area contributed by atoms with Crippen LogP contribution in [0.2, 0.25) is 0 Å². The fourth-order valence-corrected chi connectivity index (χ4v) is 2.82. The summed E-state index contributed by atoms with van der Waals surface area (Å²) in [5, 5.41) is 0. The number of benzene rings is 3. The molecule has 0 N–H and O–H groups in total. The van der Waals surface area contributed by atoms with Gasteiger partial charge in [-0.1, -0.05) is 78.9 Å². The van der Waals surface area contributed by atoms with E-state index in [0.29, 0.717) is 30.6 Å². The molecule has 0 fully saturated rings. The van der Waals surface area contributed by atoms with E-state index >= 15 is 0 Å². The van der Waals surface area contributed by atoms with E-state index in [1.807, 2.05) is 78.9 Å². The van der Waals surface area contributed by atoms with E-state index in [1.165, 1.54) is 0 Å². The van der Waals surface area contributed by atoms with E-state index in [9.17, 15) is 9.59 Å². The van der Waals surface area contributed by atoms with Gasteiger partial charge in [0.15, 0.2) is 5.78 Å². The topological polar surface area (TPSA) is 37.4 Å². The predicted octanol–water partition coefficient (Wildman–Crippen LogP) is 4.60. The molecule has 3 aromatic carbocycles. The number of amides is 1. The summed E-state index contributed by atoms with van der Waals surface area (Å²) in [7, 11) is 0. The molecule has 0 saturated heterocycles. The van der Waals surface area contributed by atoms with Crippen LogP contribution < -0.4 is 0 Å². The summed E-state index contributed by atoms with van der Waals surface area (Å²) >= 11 is 0. The van der Waals surface area contributed by atoms with Crippen molar-refractivity contribution >= 4 is 11.7 Å². The van der Waals surface area contributed by atoms with E-state index in [4.69, 9.17) is 0 Å². The van der Waals surface area contributed by atoms with Crippen molar-refractivity contribution < 1.29 is 9.59 Å². The molecule has 0 aliphatic rings. The Morgan fingerprint density at radius 3 is 1.73 bits per heavy atom. The quantitative estimate of drug-likeness (QED) is 0.588. The van der Waals surface area contributed by atoms with Crippen molar-refractivity contribution in [3.8, 4) is 0 Å². The maximum absolute atomic E-state index is 12.9. The number of ketones is 1. The Balaban J connectivity index is 1.74. The normalized spacial score (nSPS) is 10.3. The molecule has 3 aromatic rings. The predicted molar refractivity (Wildman–Crippen MR) is 103 cm³/mol. The first kappa shape index (κ1) is 17.6. The monoisotopic (exact) mass is 343 g/mol. The van der Waals surface area contributed by atoms with E-state index < -0.39 is 0 Å². The second kappa shape index (κ2) is 8.77. The van der Waals surface area contributed by atoms with Crippen LogP contribution in [0.1, 0.15) is 32.7 Å². The highest BCUT2D eigenvalue weighted by atomic mass is 16.2. The van der Waals surface area contributed by atoms with Crippen molar-refractivity contribution in [1.29, 1.82) is 0 Å². The summed E-state index contributed by atoms with van der Waals surface area (Å²) in [5.41, 5.74) is 2.36. The van der Waals surface area contributed by atoms with Crippen LogP contribution in [0.15, 0.2) is 91.0 Å². The molecular formula is C23H21NO2. The van der Waals surface area contributed by atoms with Gasteiger partial charge in [-0.15, -0.1) is 0 Å². The zero-order valence-electron chi connectivity index (χ0n) is 14.5. The maximum atomic E-state index is 12.9. The zero-order chi connectivity index (χ0) is 18.2. The molecule has 1 amide bonds. The van der Waals surface area contributed by atoms with Gasteiger partial charge in [-0.25, -0.2) is 0 Å². The molecule has 130 valence electrons. The Kier molecular flexibility index (Phi) is 5.94. The van der Waals surface area contributed by atoms with Gasteiger partial charge in [0.05, 0.1) is 0 Å². The number of nitrogens with zero attached hydrogens (tertiary/aromatic N) is 1. The average Bonchev–Trinajstić information content (AvgIpc) is 2.72. The second-order valence-corrected chi connectivity index (χ2v) is 6.12. The average molecular weight is 343 g/mol. The van der Waals surface area contributed by atoms with Crippen molar-refractivity contribution in [2.24, 2.45) is 0 Å². The van der Waals surface area contributed by atoms with Crippen LogP contribution in [0.5, 0.6) is 0 Å². The third-order valence-electron chi connectivity index (χ3n) is 4.23. The molecule has 0 atom stereocenters. The summed E-state index contributed by atoms with van der Waals surface area (Å²) in [5.74, 6) is -0.0140. The van der Waals surface area contributed by atoms with Crippen LogP contribution in [0.4, 0.5) is 0 Å². The largest absolute Gasteiger partial charge is 0.334 e. The van der Waals surface area contributed by atoms with Gasteiger partial charge in [0.25, 0.3) is 5.91 Å². The minimum absolute atomic E-state index is 0.0459. The lowest BCUT2D eigenvalue weighted by Crippen LogP contribution is -2.32. The molecule has 3 rings (SSSR count). The summed E-state index contributed by atoms with van der Waals surface area (Å²) < 4.78 is 0. The van der Waals surface area contributed by atoms with Gasteiger partial charge in [-0.2, -0.15) is 0 Å². The molecule has 0 aliphatic carbocycles.